The third-order valence-electron chi connectivity index (χ3n) is 8.96. The molecule has 1 saturated carbocycles. The van der Waals surface area contributed by atoms with Gasteiger partial charge < -0.3 is 14.0 Å². The van der Waals surface area contributed by atoms with Crippen LogP contribution in [0.2, 0.25) is 0 Å². The molecular weight excluding hydrogens is 588 g/mol. The number of carbonyl (C=O) groups is 1. The third kappa shape index (κ3) is 6.99. The molecule has 0 amide bonds. The molecular formula is C36H40N2O6S. The minimum atomic E-state index is -4.05. The van der Waals surface area contributed by atoms with Crippen molar-refractivity contribution < 1.29 is 27.2 Å². The Morgan fingerprint density at radius 3 is 2.49 bits per heavy atom. The highest BCUT2D eigenvalue weighted by Crippen LogP contribution is 2.43. The molecule has 2 aliphatic rings. The van der Waals surface area contributed by atoms with Gasteiger partial charge in [0.25, 0.3) is 5.55 Å². The molecule has 1 aromatic heterocycles. The van der Waals surface area contributed by atoms with Gasteiger partial charge in [0.15, 0.2) is 0 Å². The van der Waals surface area contributed by atoms with Crippen LogP contribution in [0.5, 0.6) is 5.75 Å². The molecule has 1 aliphatic carbocycles. The summed E-state index contributed by atoms with van der Waals surface area (Å²) < 4.78 is 41.8. The van der Waals surface area contributed by atoms with Gasteiger partial charge in [0.2, 0.25) is 10.0 Å². The van der Waals surface area contributed by atoms with Crippen molar-refractivity contribution in [2.75, 3.05) is 0 Å². The summed E-state index contributed by atoms with van der Waals surface area (Å²) in [5.74, 6) is -0.0278. The van der Waals surface area contributed by atoms with E-state index in [4.69, 9.17) is 14.0 Å². The normalized spacial score (nSPS) is 17.1. The summed E-state index contributed by atoms with van der Waals surface area (Å²) >= 11 is 0. The van der Waals surface area contributed by atoms with Crippen LogP contribution in [0, 0.1) is 6.92 Å². The Kier molecular flexibility index (Phi) is 9.10. The first kappa shape index (κ1) is 31.0. The molecule has 4 aromatic rings. The van der Waals surface area contributed by atoms with Gasteiger partial charge in [-0.25, -0.2) is 13.2 Å². The lowest BCUT2D eigenvalue weighted by Crippen LogP contribution is -2.41. The first-order valence-corrected chi connectivity index (χ1v) is 17.4. The zero-order valence-corrected chi connectivity index (χ0v) is 26.7. The SMILES string of the molecule is CCCCc1c/c(=N/OC(=O)[C@H](NS(=O)(=O)c2ccc(C)cc2)c2ccccc2)oc2cc3c(cc12)CCC1(CCCCC1)O3. The highest BCUT2D eigenvalue weighted by molar-refractivity contribution is 7.89. The Labute approximate surface area is 264 Å². The molecule has 2 heterocycles. The van der Waals surface area contributed by atoms with Crippen molar-refractivity contribution in [3.05, 3.63) is 101 Å². The number of fused-ring (bicyclic) bond motifs is 2. The lowest BCUT2D eigenvalue weighted by Gasteiger charge is -2.41. The number of carbonyl (C=O) groups excluding carboxylic acids is 1. The number of ether oxygens (including phenoxy) is 1. The van der Waals surface area contributed by atoms with Gasteiger partial charge in [-0.1, -0.05) is 67.8 Å². The maximum atomic E-state index is 13.5. The molecule has 1 N–H and O–H groups in total. The van der Waals surface area contributed by atoms with Gasteiger partial charge in [0.1, 0.15) is 23.0 Å². The van der Waals surface area contributed by atoms with Crippen molar-refractivity contribution in [2.45, 2.75) is 94.6 Å². The lowest BCUT2D eigenvalue weighted by atomic mass is 9.79. The van der Waals surface area contributed by atoms with Crippen LogP contribution in [0.1, 0.15) is 86.6 Å². The molecule has 6 rings (SSSR count). The zero-order chi connectivity index (χ0) is 31.4. The van der Waals surface area contributed by atoms with Gasteiger partial charge in [-0.2, -0.15) is 4.72 Å². The summed E-state index contributed by atoms with van der Waals surface area (Å²) in [5.41, 5.74) is 4.23. The maximum Gasteiger partial charge on any atom is 0.357 e. The fourth-order valence-corrected chi connectivity index (χ4v) is 7.57. The van der Waals surface area contributed by atoms with E-state index < -0.39 is 22.0 Å². The molecule has 0 unspecified atom stereocenters. The predicted molar refractivity (Wildman–Crippen MR) is 172 cm³/mol. The Bertz CT molecular complexity index is 1840. The van der Waals surface area contributed by atoms with E-state index in [0.717, 1.165) is 67.2 Å². The largest absolute Gasteiger partial charge is 0.487 e. The number of hydrogen-bond acceptors (Lipinski definition) is 7. The maximum absolute atomic E-state index is 13.5. The first-order valence-electron chi connectivity index (χ1n) is 15.9. The van der Waals surface area contributed by atoms with Crippen LogP contribution >= 0.6 is 0 Å². The Morgan fingerprint density at radius 2 is 1.76 bits per heavy atom. The van der Waals surface area contributed by atoms with Crippen molar-refractivity contribution in [1.82, 2.24) is 4.72 Å². The topological polar surface area (TPSA) is 107 Å². The molecule has 9 heteroatoms. The van der Waals surface area contributed by atoms with Crippen molar-refractivity contribution in [2.24, 2.45) is 5.16 Å². The van der Waals surface area contributed by atoms with Gasteiger partial charge in [-0.15, -0.1) is 0 Å². The molecule has 1 fully saturated rings. The van der Waals surface area contributed by atoms with E-state index in [1.165, 1.54) is 37.0 Å². The summed E-state index contributed by atoms with van der Waals surface area (Å²) in [5, 5.41) is 5.09. The monoisotopic (exact) mass is 628 g/mol. The second-order valence-corrected chi connectivity index (χ2v) is 14.0. The average molecular weight is 629 g/mol. The molecule has 236 valence electrons. The molecule has 0 saturated heterocycles. The molecule has 45 heavy (non-hydrogen) atoms. The van der Waals surface area contributed by atoms with Crippen LogP contribution in [0.4, 0.5) is 0 Å². The quantitative estimate of drug-likeness (QED) is 0.155. The number of sulfonamides is 1. The number of nitrogens with zero attached hydrogens (tertiary/aromatic N) is 1. The van der Waals surface area contributed by atoms with Crippen molar-refractivity contribution >= 4 is 27.0 Å². The standard InChI is InChI=1S/C36H40N2O6S/c1-3-4-11-27-23-33(42-32-24-31-28(22-30(27)32)18-21-36(43-31)19-9-6-10-20-36)37-44-35(39)34(26-12-7-5-8-13-26)38-45(40,41)29-16-14-25(2)15-17-29/h5,7-8,12-17,22-24,34,38H,3-4,6,9-11,18-21H2,1-2H3/b37-33-/t34-/m1/s1. The number of unbranched alkanes of at least 4 members (excludes halogenated alkanes) is 1. The molecule has 8 nitrogen and oxygen atoms in total. The van der Waals surface area contributed by atoms with Crippen molar-refractivity contribution in [3.63, 3.8) is 0 Å². The summed E-state index contributed by atoms with van der Waals surface area (Å²) in [7, 11) is -4.05. The second-order valence-electron chi connectivity index (χ2n) is 12.3. The van der Waals surface area contributed by atoms with E-state index in [-0.39, 0.29) is 16.1 Å². The summed E-state index contributed by atoms with van der Waals surface area (Å²) in [6, 6.07) is 19.6. The third-order valence-corrected chi connectivity index (χ3v) is 10.4. The van der Waals surface area contributed by atoms with Gasteiger partial charge >= 0.3 is 5.97 Å². The van der Waals surface area contributed by atoms with Gasteiger partial charge in [0.05, 0.1) is 4.90 Å². The molecule has 1 spiro atoms. The van der Waals surface area contributed by atoms with Crippen LogP contribution in [-0.4, -0.2) is 20.0 Å². The minimum absolute atomic E-state index is 0.0458. The average Bonchev–Trinajstić information content (AvgIpc) is 3.05. The van der Waals surface area contributed by atoms with Crippen LogP contribution in [-0.2, 0) is 32.5 Å². The number of aryl methyl sites for hydroxylation is 3. The number of benzene rings is 3. The predicted octanol–water partition coefficient (Wildman–Crippen LogP) is 7.19. The van der Waals surface area contributed by atoms with Crippen molar-refractivity contribution in [3.8, 4) is 5.75 Å². The van der Waals surface area contributed by atoms with Crippen LogP contribution < -0.4 is 15.0 Å². The van der Waals surface area contributed by atoms with Crippen LogP contribution in [0.25, 0.3) is 11.0 Å². The van der Waals surface area contributed by atoms with E-state index in [0.29, 0.717) is 11.1 Å². The Morgan fingerprint density at radius 1 is 1.00 bits per heavy atom. The molecule has 3 aromatic carbocycles. The van der Waals surface area contributed by atoms with Gasteiger partial charge in [-0.3, -0.25) is 0 Å². The molecule has 0 radical (unpaired) electrons. The van der Waals surface area contributed by atoms with Crippen LogP contribution in [0.3, 0.4) is 0 Å². The lowest BCUT2D eigenvalue weighted by molar-refractivity contribution is -0.146. The fourth-order valence-electron chi connectivity index (χ4n) is 6.40. The summed E-state index contributed by atoms with van der Waals surface area (Å²) in [6.07, 6.45) is 10.6. The first-order chi connectivity index (χ1) is 21.7. The van der Waals surface area contributed by atoms with Gasteiger partial charge in [-0.05, 0) is 98.3 Å². The van der Waals surface area contributed by atoms with Gasteiger partial charge in [0, 0.05) is 17.5 Å². The number of hydrogen-bond donors (Lipinski definition) is 1. The summed E-state index contributed by atoms with van der Waals surface area (Å²) in [6.45, 7) is 4.01. The zero-order valence-electron chi connectivity index (χ0n) is 25.9. The fraction of sp³-hybridized carbons (Fsp3) is 0.389. The van der Waals surface area contributed by atoms with E-state index in [1.807, 2.05) is 13.0 Å². The molecule has 0 bridgehead atoms. The Hall–Kier alpha value is -3.95. The highest BCUT2D eigenvalue weighted by Gasteiger charge is 2.37. The molecule has 1 aliphatic heterocycles. The minimum Gasteiger partial charge on any atom is -0.487 e. The Balaban J connectivity index is 1.32. The van der Waals surface area contributed by atoms with E-state index in [2.05, 4.69) is 22.9 Å². The van der Waals surface area contributed by atoms with Crippen LogP contribution in [0.15, 0.2) is 87.3 Å². The smallest absolute Gasteiger partial charge is 0.357 e. The van der Waals surface area contributed by atoms with E-state index in [9.17, 15) is 13.2 Å². The number of nitrogens with one attached hydrogen (secondary N) is 1. The molecule has 1 atom stereocenters. The van der Waals surface area contributed by atoms with Crippen molar-refractivity contribution in [1.29, 1.82) is 0 Å². The summed E-state index contributed by atoms with van der Waals surface area (Å²) in [4.78, 5) is 18.9. The number of rotatable bonds is 9. The highest BCUT2D eigenvalue weighted by atomic mass is 32.2. The second kappa shape index (κ2) is 13.2. The van der Waals surface area contributed by atoms with E-state index >= 15 is 0 Å². The van der Waals surface area contributed by atoms with E-state index in [1.54, 1.807) is 48.5 Å².